The van der Waals surface area contributed by atoms with Gasteiger partial charge in [-0.3, -0.25) is 0 Å². The van der Waals surface area contributed by atoms with E-state index in [1.54, 1.807) is 18.2 Å². The van der Waals surface area contributed by atoms with Crippen LogP contribution in [0, 0.1) is 5.82 Å². The molecule has 0 aliphatic carbocycles. The molecule has 18 heavy (non-hydrogen) atoms. The van der Waals surface area contributed by atoms with Crippen molar-refractivity contribution in [1.29, 1.82) is 0 Å². The highest BCUT2D eigenvalue weighted by Gasteiger charge is 2.22. The monoisotopic (exact) mass is 260 g/mol. The van der Waals surface area contributed by atoms with Crippen molar-refractivity contribution in [3.05, 3.63) is 59.9 Å². The zero-order chi connectivity index (χ0) is 12.4. The van der Waals surface area contributed by atoms with Crippen molar-refractivity contribution in [2.75, 3.05) is 6.61 Å². The molecule has 3 heteroatoms. The number of ether oxygens (including phenoxy) is 1. The Labute approximate surface area is 110 Å². The molecule has 0 radical (unpaired) electrons. The molecule has 0 saturated carbocycles. The molecule has 0 spiro atoms. The maximum absolute atomic E-state index is 13.4. The number of para-hydroxylation sites is 1. The summed E-state index contributed by atoms with van der Waals surface area (Å²) in [5, 5.41) is 0.377. The lowest BCUT2D eigenvalue weighted by Gasteiger charge is -2.11. The summed E-state index contributed by atoms with van der Waals surface area (Å²) in [7, 11) is 0. The average Bonchev–Trinajstić information content (AvgIpc) is 2.80. The molecule has 92 valence electrons. The van der Waals surface area contributed by atoms with Gasteiger partial charge in [0.2, 0.25) is 0 Å². The van der Waals surface area contributed by atoms with Crippen LogP contribution in [0.3, 0.4) is 0 Å². The lowest BCUT2D eigenvalue weighted by atomic mass is 10.1. The van der Waals surface area contributed by atoms with E-state index in [-0.39, 0.29) is 5.82 Å². The molecule has 2 aromatic rings. The summed E-state index contributed by atoms with van der Waals surface area (Å²) in [6.07, 6.45) is 0.995. The van der Waals surface area contributed by atoms with Gasteiger partial charge in [0.05, 0.1) is 0 Å². The molecule has 1 atom stereocenters. The second-order valence-corrected chi connectivity index (χ2v) is 5.64. The van der Waals surface area contributed by atoms with Gasteiger partial charge in [-0.25, -0.2) is 4.39 Å². The summed E-state index contributed by atoms with van der Waals surface area (Å²) in [5.74, 6) is 0.0482. The van der Waals surface area contributed by atoms with E-state index >= 15 is 0 Å². The fourth-order valence-corrected chi connectivity index (χ4v) is 3.31. The minimum absolute atomic E-state index is 0.294. The van der Waals surface area contributed by atoms with Gasteiger partial charge in [0.15, 0.2) is 11.6 Å². The first-order chi connectivity index (χ1) is 8.83. The van der Waals surface area contributed by atoms with Crippen molar-refractivity contribution in [3.63, 3.8) is 0 Å². The fourth-order valence-electron chi connectivity index (χ4n) is 2.09. The van der Waals surface area contributed by atoms with E-state index in [0.29, 0.717) is 17.6 Å². The highest BCUT2D eigenvalue weighted by atomic mass is 32.2. The molecule has 1 heterocycles. The van der Waals surface area contributed by atoms with E-state index in [1.165, 1.54) is 16.5 Å². The van der Waals surface area contributed by atoms with Crippen molar-refractivity contribution in [1.82, 2.24) is 0 Å². The summed E-state index contributed by atoms with van der Waals surface area (Å²) in [6.45, 7) is 0.542. The minimum atomic E-state index is -0.294. The molecule has 0 bridgehead atoms. The molecule has 0 amide bonds. The Kier molecular flexibility index (Phi) is 3.24. The zero-order valence-electron chi connectivity index (χ0n) is 9.80. The van der Waals surface area contributed by atoms with Gasteiger partial charge < -0.3 is 4.74 Å². The maximum Gasteiger partial charge on any atom is 0.165 e. The van der Waals surface area contributed by atoms with Gasteiger partial charge in [-0.15, -0.1) is 11.8 Å². The largest absolute Gasteiger partial charge is 0.489 e. The van der Waals surface area contributed by atoms with Crippen LogP contribution in [-0.2, 0) is 6.42 Å². The molecule has 1 unspecified atom stereocenters. The highest BCUT2D eigenvalue weighted by Crippen LogP contribution is 2.36. The van der Waals surface area contributed by atoms with Crippen molar-refractivity contribution >= 4 is 11.8 Å². The third-order valence-corrected chi connectivity index (χ3v) is 4.26. The molecule has 1 aliphatic rings. The Balaban J connectivity index is 1.62. The Morgan fingerprint density at radius 2 is 1.89 bits per heavy atom. The topological polar surface area (TPSA) is 9.23 Å². The van der Waals surface area contributed by atoms with Crippen LogP contribution < -0.4 is 4.74 Å². The zero-order valence-corrected chi connectivity index (χ0v) is 10.6. The minimum Gasteiger partial charge on any atom is -0.489 e. The van der Waals surface area contributed by atoms with Crippen LogP contribution in [0.1, 0.15) is 5.56 Å². The molecule has 0 N–H and O–H groups in total. The summed E-state index contributed by atoms with van der Waals surface area (Å²) >= 11 is 1.81. The van der Waals surface area contributed by atoms with Crippen LogP contribution in [0.4, 0.5) is 4.39 Å². The molecule has 0 saturated heterocycles. The van der Waals surface area contributed by atoms with E-state index < -0.39 is 0 Å². The van der Waals surface area contributed by atoms with Crippen LogP contribution >= 0.6 is 11.8 Å². The van der Waals surface area contributed by atoms with Crippen LogP contribution in [0.25, 0.3) is 0 Å². The van der Waals surface area contributed by atoms with Gasteiger partial charge in [-0.1, -0.05) is 30.3 Å². The van der Waals surface area contributed by atoms with Gasteiger partial charge >= 0.3 is 0 Å². The van der Waals surface area contributed by atoms with Gasteiger partial charge in [-0.05, 0) is 30.2 Å². The summed E-state index contributed by atoms with van der Waals surface area (Å²) in [6, 6.07) is 14.9. The van der Waals surface area contributed by atoms with Crippen LogP contribution in [0.15, 0.2) is 53.4 Å². The molecule has 1 nitrogen and oxygen atoms in total. The van der Waals surface area contributed by atoms with Gasteiger partial charge in [0, 0.05) is 10.1 Å². The number of rotatable bonds is 3. The number of hydrogen-bond acceptors (Lipinski definition) is 2. The Morgan fingerprint density at radius 1 is 1.11 bits per heavy atom. The van der Waals surface area contributed by atoms with Crippen molar-refractivity contribution < 1.29 is 9.13 Å². The smallest absolute Gasteiger partial charge is 0.165 e. The predicted molar refractivity (Wildman–Crippen MR) is 71.7 cm³/mol. The van der Waals surface area contributed by atoms with Crippen LogP contribution in [-0.4, -0.2) is 11.9 Å². The first-order valence-corrected chi connectivity index (χ1v) is 6.83. The molecule has 0 aromatic heterocycles. The Bertz CT molecular complexity index is 531. The first-order valence-electron chi connectivity index (χ1n) is 5.95. The summed E-state index contributed by atoms with van der Waals surface area (Å²) in [5.41, 5.74) is 1.37. The third kappa shape index (κ3) is 2.36. The van der Waals surface area contributed by atoms with Gasteiger partial charge in [0.1, 0.15) is 6.61 Å². The standard InChI is InChI=1S/C15H13FOS/c16-13-6-2-3-7-14(13)17-10-12-9-11-5-1-4-8-15(11)18-12/h1-8,12H,9-10H2. The number of halogens is 1. The second-order valence-electron chi connectivity index (χ2n) is 4.29. The van der Waals surface area contributed by atoms with Gasteiger partial charge in [-0.2, -0.15) is 0 Å². The maximum atomic E-state index is 13.4. The van der Waals surface area contributed by atoms with Crippen molar-refractivity contribution in [2.45, 2.75) is 16.6 Å². The molecule has 3 rings (SSSR count). The molecule has 0 fully saturated rings. The number of hydrogen-bond donors (Lipinski definition) is 0. The van der Waals surface area contributed by atoms with E-state index in [4.69, 9.17) is 4.74 Å². The average molecular weight is 260 g/mol. The molecule has 2 aromatic carbocycles. The second kappa shape index (κ2) is 5.02. The van der Waals surface area contributed by atoms with Gasteiger partial charge in [0.25, 0.3) is 0 Å². The summed E-state index contributed by atoms with van der Waals surface area (Å²) < 4.78 is 19.0. The van der Waals surface area contributed by atoms with E-state index in [2.05, 4.69) is 18.2 Å². The lowest BCUT2D eigenvalue weighted by Crippen LogP contribution is -2.13. The first kappa shape index (κ1) is 11.6. The molecule has 1 aliphatic heterocycles. The fraction of sp³-hybridized carbons (Fsp3) is 0.200. The number of thioether (sulfide) groups is 1. The van der Waals surface area contributed by atoms with Crippen LogP contribution in [0.2, 0.25) is 0 Å². The lowest BCUT2D eigenvalue weighted by molar-refractivity contribution is 0.301. The quantitative estimate of drug-likeness (QED) is 0.827. The molecular weight excluding hydrogens is 247 g/mol. The summed E-state index contributed by atoms with van der Waals surface area (Å²) in [4.78, 5) is 1.32. The van der Waals surface area contributed by atoms with Crippen LogP contribution in [0.5, 0.6) is 5.75 Å². The Morgan fingerprint density at radius 3 is 2.72 bits per heavy atom. The van der Waals surface area contributed by atoms with E-state index in [0.717, 1.165) is 6.42 Å². The normalized spacial score (nSPS) is 17.5. The third-order valence-electron chi connectivity index (χ3n) is 2.98. The van der Waals surface area contributed by atoms with E-state index in [9.17, 15) is 4.39 Å². The van der Waals surface area contributed by atoms with E-state index in [1.807, 2.05) is 17.8 Å². The van der Waals surface area contributed by atoms with Crippen molar-refractivity contribution in [2.24, 2.45) is 0 Å². The predicted octanol–water partition coefficient (Wildman–Crippen LogP) is 3.92. The number of fused-ring (bicyclic) bond motifs is 1. The Hall–Kier alpha value is -1.48. The highest BCUT2D eigenvalue weighted by molar-refractivity contribution is 8.00. The number of benzene rings is 2. The SMILES string of the molecule is Fc1ccccc1OCC1Cc2ccccc2S1. The molecular formula is C15H13FOS. The van der Waals surface area contributed by atoms with Crippen molar-refractivity contribution in [3.8, 4) is 5.75 Å².